The lowest BCUT2D eigenvalue weighted by Gasteiger charge is -2.30. The van der Waals surface area contributed by atoms with Crippen molar-refractivity contribution in [3.05, 3.63) is 53.4 Å². The van der Waals surface area contributed by atoms with E-state index >= 15 is 0 Å². The molecule has 4 rings (SSSR count). The fourth-order valence-electron chi connectivity index (χ4n) is 3.30. The normalized spacial score (nSPS) is 15.4. The molecule has 0 unspecified atom stereocenters. The predicted molar refractivity (Wildman–Crippen MR) is 105 cm³/mol. The van der Waals surface area contributed by atoms with E-state index in [0.29, 0.717) is 5.02 Å². The summed E-state index contributed by atoms with van der Waals surface area (Å²) in [6, 6.07) is 9.60. The molecular formula is C20H22ClN5. The summed E-state index contributed by atoms with van der Waals surface area (Å²) in [4.78, 5) is 11.6. The lowest BCUT2D eigenvalue weighted by atomic mass is 10.00. The summed E-state index contributed by atoms with van der Waals surface area (Å²) >= 11 is 5.98. The number of benzene rings is 1. The maximum absolute atomic E-state index is 5.98. The van der Waals surface area contributed by atoms with E-state index in [-0.39, 0.29) is 0 Å². The molecule has 134 valence electrons. The first-order valence-electron chi connectivity index (χ1n) is 9.01. The largest absolute Gasteiger partial charge is 0.341 e. The minimum Gasteiger partial charge on any atom is -0.341 e. The Morgan fingerprint density at radius 1 is 1.08 bits per heavy atom. The Bertz CT molecular complexity index is 895. The molecule has 26 heavy (non-hydrogen) atoms. The van der Waals surface area contributed by atoms with Gasteiger partial charge in [-0.2, -0.15) is 5.10 Å². The number of aryl methyl sites for hydroxylation is 1. The van der Waals surface area contributed by atoms with Crippen LogP contribution >= 0.6 is 11.6 Å². The van der Waals surface area contributed by atoms with E-state index in [4.69, 9.17) is 16.6 Å². The van der Waals surface area contributed by atoms with Crippen LogP contribution in [0.2, 0.25) is 5.02 Å². The summed E-state index contributed by atoms with van der Waals surface area (Å²) < 4.78 is 1.87. The first-order chi connectivity index (χ1) is 12.6. The summed E-state index contributed by atoms with van der Waals surface area (Å²) in [7, 11) is 0. The van der Waals surface area contributed by atoms with E-state index in [1.807, 2.05) is 54.3 Å². The lowest BCUT2D eigenvalue weighted by molar-refractivity contribution is 0.434. The van der Waals surface area contributed by atoms with Crippen molar-refractivity contribution < 1.29 is 0 Å². The molecule has 1 fully saturated rings. The van der Waals surface area contributed by atoms with E-state index < -0.39 is 0 Å². The molecule has 0 atom stereocenters. The highest BCUT2D eigenvalue weighted by atomic mass is 35.5. The Kier molecular flexibility index (Phi) is 4.64. The Balaban J connectivity index is 1.63. The number of rotatable bonds is 3. The number of anilines is 1. The first kappa shape index (κ1) is 17.0. The van der Waals surface area contributed by atoms with Gasteiger partial charge in [0.15, 0.2) is 0 Å². The van der Waals surface area contributed by atoms with Gasteiger partial charge in [0.1, 0.15) is 0 Å². The van der Waals surface area contributed by atoms with Crippen LogP contribution in [-0.2, 0) is 0 Å². The van der Waals surface area contributed by atoms with Crippen LogP contribution in [0.5, 0.6) is 0 Å². The topological polar surface area (TPSA) is 46.8 Å². The van der Waals surface area contributed by atoms with Gasteiger partial charge >= 0.3 is 0 Å². The molecule has 1 aromatic carbocycles. The number of aromatic nitrogens is 4. The molecule has 0 radical (unpaired) electrons. The van der Waals surface area contributed by atoms with Gasteiger partial charge in [-0.05, 0) is 56.0 Å². The van der Waals surface area contributed by atoms with Crippen molar-refractivity contribution in [1.82, 2.24) is 19.7 Å². The zero-order chi connectivity index (χ0) is 18.1. The number of hydrogen-bond donors (Lipinski definition) is 0. The van der Waals surface area contributed by atoms with Crippen LogP contribution in [0, 0.1) is 12.8 Å². The minimum absolute atomic E-state index is 0.717. The number of piperidine rings is 1. The highest BCUT2D eigenvalue weighted by molar-refractivity contribution is 6.30. The lowest BCUT2D eigenvalue weighted by Crippen LogP contribution is -2.34. The van der Waals surface area contributed by atoms with Crippen LogP contribution in [-0.4, -0.2) is 32.8 Å². The first-order valence-corrected chi connectivity index (χ1v) is 9.38. The van der Waals surface area contributed by atoms with Crippen molar-refractivity contribution in [2.75, 3.05) is 18.0 Å². The summed E-state index contributed by atoms with van der Waals surface area (Å²) in [5, 5.41) is 5.36. The van der Waals surface area contributed by atoms with Gasteiger partial charge in [-0.1, -0.05) is 18.5 Å². The Morgan fingerprint density at radius 3 is 2.54 bits per heavy atom. The average Bonchev–Trinajstić information content (AvgIpc) is 3.05. The number of nitrogens with zero attached hydrogens (tertiary/aromatic N) is 5. The van der Waals surface area contributed by atoms with Crippen LogP contribution in [0.15, 0.2) is 42.7 Å². The molecule has 0 bridgehead atoms. The maximum atomic E-state index is 5.98. The fourth-order valence-corrected chi connectivity index (χ4v) is 3.42. The second-order valence-corrected chi connectivity index (χ2v) is 7.40. The van der Waals surface area contributed by atoms with E-state index in [2.05, 4.69) is 21.9 Å². The van der Waals surface area contributed by atoms with Crippen molar-refractivity contribution in [3.8, 4) is 16.9 Å². The maximum Gasteiger partial charge on any atom is 0.225 e. The summed E-state index contributed by atoms with van der Waals surface area (Å²) in [6.07, 6.45) is 6.25. The van der Waals surface area contributed by atoms with E-state index in [1.165, 1.54) is 12.8 Å². The zero-order valence-corrected chi connectivity index (χ0v) is 15.8. The monoisotopic (exact) mass is 367 g/mol. The van der Waals surface area contributed by atoms with Gasteiger partial charge in [0.25, 0.3) is 0 Å². The van der Waals surface area contributed by atoms with Gasteiger partial charge in [0.2, 0.25) is 5.95 Å². The molecule has 0 amide bonds. The quantitative estimate of drug-likeness (QED) is 0.682. The predicted octanol–water partition coefficient (Wildman–Crippen LogP) is 4.53. The van der Waals surface area contributed by atoms with Gasteiger partial charge in [0.05, 0.1) is 17.1 Å². The van der Waals surface area contributed by atoms with E-state index in [9.17, 15) is 0 Å². The van der Waals surface area contributed by atoms with Gasteiger partial charge < -0.3 is 4.90 Å². The van der Waals surface area contributed by atoms with Gasteiger partial charge in [-0.25, -0.2) is 14.6 Å². The molecule has 5 nitrogen and oxygen atoms in total. The average molecular weight is 368 g/mol. The highest BCUT2D eigenvalue weighted by Crippen LogP contribution is 2.26. The van der Waals surface area contributed by atoms with Crippen molar-refractivity contribution in [2.45, 2.75) is 26.7 Å². The molecule has 3 aromatic rings. The Labute approximate surface area is 158 Å². The molecule has 1 saturated heterocycles. The highest BCUT2D eigenvalue weighted by Gasteiger charge is 2.19. The molecular weight excluding hydrogens is 346 g/mol. The standard InChI is InChI=1S/C20H22ClN5/c1-14-8-11-25(12-9-14)20-22-10-7-19(23-20)18-13-26(24-15(18)2)17-5-3-16(21)4-6-17/h3-7,10,13-14H,8-9,11-12H2,1-2H3. The third-order valence-corrected chi connectivity index (χ3v) is 5.23. The molecule has 6 heteroatoms. The molecule has 1 aliphatic rings. The molecule has 0 saturated carbocycles. The van der Waals surface area contributed by atoms with E-state index in [0.717, 1.165) is 47.6 Å². The van der Waals surface area contributed by atoms with Crippen molar-refractivity contribution >= 4 is 17.5 Å². The van der Waals surface area contributed by atoms with Gasteiger partial charge in [-0.15, -0.1) is 0 Å². The van der Waals surface area contributed by atoms with Crippen LogP contribution < -0.4 is 4.90 Å². The van der Waals surface area contributed by atoms with Gasteiger partial charge in [-0.3, -0.25) is 0 Å². The SMILES string of the molecule is Cc1nn(-c2ccc(Cl)cc2)cc1-c1ccnc(N2CCC(C)CC2)n1. The number of halogens is 1. The minimum atomic E-state index is 0.717. The molecule has 3 heterocycles. The molecule has 0 spiro atoms. The molecule has 0 N–H and O–H groups in total. The van der Waals surface area contributed by atoms with Crippen molar-refractivity contribution in [2.24, 2.45) is 5.92 Å². The third-order valence-electron chi connectivity index (χ3n) is 4.98. The second-order valence-electron chi connectivity index (χ2n) is 6.96. The van der Waals surface area contributed by atoms with Crippen LogP contribution in [0.25, 0.3) is 16.9 Å². The van der Waals surface area contributed by atoms with Crippen molar-refractivity contribution in [1.29, 1.82) is 0 Å². The summed E-state index contributed by atoms with van der Waals surface area (Å²) in [6.45, 7) is 6.36. The summed E-state index contributed by atoms with van der Waals surface area (Å²) in [5.74, 6) is 1.60. The zero-order valence-electron chi connectivity index (χ0n) is 15.1. The molecule has 2 aromatic heterocycles. The fraction of sp³-hybridized carbons (Fsp3) is 0.350. The Hall–Kier alpha value is -2.40. The Morgan fingerprint density at radius 2 is 1.81 bits per heavy atom. The van der Waals surface area contributed by atoms with E-state index in [1.54, 1.807) is 0 Å². The number of hydrogen-bond acceptors (Lipinski definition) is 4. The smallest absolute Gasteiger partial charge is 0.225 e. The molecule has 0 aliphatic carbocycles. The van der Waals surface area contributed by atoms with Crippen LogP contribution in [0.1, 0.15) is 25.5 Å². The summed E-state index contributed by atoms with van der Waals surface area (Å²) in [5.41, 5.74) is 3.85. The second kappa shape index (κ2) is 7.08. The third kappa shape index (κ3) is 3.44. The van der Waals surface area contributed by atoms with Crippen molar-refractivity contribution in [3.63, 3.8) is 0 Å². The van der Waals surface area contributed by atoms with Crippen LogP contribution in [0.4, 0.5) is 5.95 Å². The molecule has 1 aliphatic heterocycles. The van der Waals surface area contributed by atoms with Gasteiger partial charge in [0, 0.05) is 36.1 Å². The van der Waals surface area contributed by atoms with Crippen LogP contribution in [0.3, 0.4) is 0 Å².